The van der Waals surface area contributed by atoms with Gasteiger partial charge in [0.1, 0.15) is 6.54 Å². The molecule has 156 valence electrons. The van der Waals surface area contributed by atoms with Crippen molar-refractivity contribution >= 4 is 11.9 Å². The lowest BCUT2D eigenvalue weighted by Crippen LogP contribution is -2.50. The van der Waals surface area contributed by atoms with Gasteiger partial charge in [0.25, 0.3) is 0 Å². The molecule has 1 saturated heterocycles. The van der Waals surface area contributed by atoms with Crippen LogP contribution in [0.1, 0.15) is 65.2 Å². The number of likely N-dealkylation sites (tertiary alicyclic amines) is 1. The zero-order valence-corrected chi connectivity index (χ0v) is 18.0. The van der Waals surface area contributed by atoms with Crippen molar-refractivity contribution in [3.8, 4) is 0 Å². The lowest BCUT2D eigenvalue weighted by molar-refractivity contribution is -0.127. The van der Waals surface area contributed by atoms with Crippen molar-refractivity contribution in [3.05, 3.63) is 0 Å². The summed E-state index contributed by atoms with van der Waals surface area (Å²) in [4.78, 5) is 20.8. The molecule has 27 heavy (non-hydrogen) atoms. The Morgan fingerprint density at radius 1 is 1.19 bits per heavy atom. The molecule has 1 aliphatic carbocycles. The molecule has 1 unspecified atom stereocenters. The number of aliphatic imine (C=N–C) groups is 1. The number of hydrogen-bond acceptors (Lipinski definition) is 3. The number of likely N-dealkylation sites (N-methyl/N-ethyl adjacent to an activating group) is 1. The number of hydrogen-bond donors (Lipinski definition) is 2. The van der Waals surface area contributed by atoms with Crippen molar-refractivity contribution in [2.24, 2.45) is 10.9 Å². The number of piperidine rings is 1. The van der Waals surface area contributed by atoms with E-state index in [2.05, 4.69) is 34.4 Å². The monoisotopic (exact) mass is 379 g/mol. The molecule has 0 spiro atoms. The minimum atomic E-state index is 0.0395. The predicted molar refractivity (Wildman–Crippen MR) is 113 cm³/mol. The Labute approximate surface area is 166 Å². The standard InChI is InChI=1S/C21H41N5O/c1-5-7-8-17(6-2)15-22-21(23-16-20(27)25(3)4)24-18-11-13-26(14-12-18)19-9-10-19/h17-19H,5-16H2,1-4H3,(H2,22,23,24). The van der Waals surface area contributed by atoms with E-state index in [9.17, 15) is 4.79 Å². The molecule has 2 aliphatic rings. The maximum Gasteiger partial charge on any atom is 0.243 e. The SMILES string of the molecule is CCCCC(CC)CNC(=NCC(=O)N(C)C)NC1CCN(C2CC2)CC1. The Bertz CT molecular complexity index is 467. The van der Waals surface area contributed by atoms with Gasteiger partial charge in [-0.1, -0.05) is 33.1 Å². The van der Waals surface area contributed by atoms with Gasteiger partial charge in [0.2, 0.25) is 5.91 Å². The van der Waals surface area contributed by atoms with Crippen LogP contribution in [0.15, 0.2) is 4.99 Å². The van der Waals surface area contributed by atoms with Gasteiger partial charge in [-0.15, -0.1) is 0 Å². The summed E-state index contributed by atoms with van der Waals surface area (Å²) in [7, 11) is 3.56. The molecular weight excluding hydrogens is 338 g/mol. The molecule has 0 radical (unpaired) electrons. The summed E-state index contributed by atoms with van der Waals surface area (Å²) in [6.07, 6.45) is 10.0. The van der Waals surface area contributed by atoms with E-state index in [1.54, 1.807) is 19.0 Å². The fourth-order valence-electron chi connectivity index (χ4n) is 3.67. The van der Waals surface area contributed by atoms with Crippen LogP contribution in [0.25, 0.3) is 0 Å². The third-order valence-corrected chi connectivity index (χ3v) is 5.91. The molecule has 2 N–H and O–H groups in total. The minimum Gasteiger partial charge on any atom is -0.356 e. The Morgan fingerprint density at radius 2 is 1.89 bits per heavy atom. The molecule has 1 amide bonds. The van der Waals surface area contributed by atoms with E-state index in [0.717, 1.165) is 31.4 Å². The summed E-state index contributed by atoms with van der Waals surface area (Å²) < 4.78 is 0. The van der Waals surface area contributed by atoms with E-state index < -0.39 is 0 Å². The second kappa shape index (κ2) is 11.5. The molecule has 1 aliphatic heterocycles. The number of nitrogens with zero attached hydrogens (tertiary/aromatic N) is 3. The summed E-state index contributed by atoms with van der Waals surface area (Å²) in [6, 6.07) is 1.32. The first-order valence-corrected chi connectivity index (χ1v) is 11.0. The minimum absolute atomic E-state index is 0.0395. The zero-order valence-electron chi connectivity index (χ0n) is 18.0. The van der Waals surface area contributed by atoms with Crippen LogP contribution >= 0.6 is 0 Å². The second-order valence-electron chi connectivity index (χ2n) is 8.44. The molecule has 6 heteroatoms. The molecule has 1 atom stereocenters. The normalized spacial score (nSPS) is 20.4. The van der Waals surface area contributed by atoms with E-state index >= 15 is 0 Å². The topological polar surface area (TPSA) is 60.0 Å². The van der Waals surface area contributed by atoms with Crippen LogP contribution in [0.2, 0.25) is 0 Å². The van der Waals surface area contributed by atoms with Crippen LogP contribution in [0.3, 0.4) is 0 Å². The first kappa shape index (κ1) is 22.0. The van der Waals surface area contributed by atoms with Crippen molar-refractivity contribution in [2.45, 2.75) is 77.3 Å². The number of amides is 1. The Balaban J connectivity index is 1.86. The molecule has 1 heterocycles. The van der Waals surface area contributed by atoms with Gasteiger partial charge in [-0.3, -0.25) is 4.79 Å². The summed E-state index contributed by atoms with van der Waals surface area (Å²) in [5, 5.41) is 7.13. The highest BCUT2D eigenvalue weighted by Gasteiger charge is 2.31. The van der Waals surface area contributed by atoms with E-state index in [0.29, 0.717) is 12.0 Å². The number of nitrogens with one attached hydrogen (secondary N) is 2. The van der Waals surface area contributed by atoms with Crippen molar-refractivity contribution in [3.63, 3.8) is 0 Å². The van der Waals surface area contributed by atoms with Gasteiger partial charge in [-0.25, -0.2) is 4.99 Å². The summed E-state index contributed by atoms with van der Waals surface area (Å²) >= 11 is 0. The average molecular weight is 380 g/mol. The molecular formula is C21H41N5O. The van der Waals surface area contributed by atoms with Crippen LogP contribution < -0.4 is 10.6 Å². The molecule has 6 nitrogen and oxygen atoms in total. The lowest BCUT2D eigenvalue weighted by Gasteiger charge is -2.33. The van der Waals surface area contributed by atoms with E-state index in [1.807, 2.05) is 0 Å². The Hall–Kier alpha value is -1.30. The van der Waals surface area contributed by atoms with Gasteiger partial charge in [0.05, 0.1) is 0 Å². The third-order valence-electron chi connectivity index (χ3n) is 5.91. The van der Waals surface area contributed by atoms with Gasteiger partial charge < -0.3 is 20.4 Å². The summed E-state index contributed by atoms with van der Waals surface area (Å²) in [5.41, 5.74) is 0. The van der Waals surface area contributed by atoms with Gasteiger partial charge >= 0.3 is 0 Å². The fraction of sp³-hybridized carbons (Fsp3) is 0.905. The molecule has 0 aromatic carbocycles. The highest BCUT2D eigenvalue weighted by atomic mass is 16.2. The van der Waals surface area contributed by atoms with Gasteiger partial charge in [-0.2, -0.15) is 0 Å². The van der Waals surface area contributed by atoms with Crippen LogP contribution in [-0.2, 0) is 4.79 Å². The molecule has 0 bridgehead atoms. The largest absolute Gasteiger partial charge is 0.356 e. The van der Waals surface area contributed by atoms with E-state index in [1.165, 1.54) is 51.6 Å². The van der Waals surface area contributed by atoms with Gasteiger partial charge in [0, 0.05) is 45.8 Å². The molecule has 1 saturated carbocycles. The van der Waals surface area contributed by atoms with Crippen molar-refractivity contribution in [2.75, 3.05) is 40.3 Å². The highest BCUT2D eigenvalue weighted by molar-refractivity contribution is 5.84. The quantitative estimate of drug-likeness (QED) is 0.452. The number of carbonyl (C=O) groups is 1. The molecule has 0 aromatic rings. The maximum atomic E-state index is 12.0. The number of rotatable bonds is 10. The zero-order chi connectivity index (χ0) is 19.6. The first-order valence-electron chi connectivity index (χ1n) is 11.0. The second-order valence-corrected chi connectivity index (χ2v) is 8.44. The Morgan fingerprint density at radius 3 is 2.44 bits per heavy atom. The molecule has 2 fully saturated rings. The average Bonchev–Trinajstić information content (AvgIpc) is 3.51. The van der Waals surface area contributed by atoms with Crippen LogP contribution in [0.4, 0.5) is 0 Å². The van der Waals surface area contributed by atoms with Crippen molar-refractivity contribution < 1.29 is 4.79 Å². The Kier molecular flexibility index (Phi) is 9.39. The van der Waals surface area contributed by atoms with Crippen LogP contribution in [0, 0.1) is 5.92 Å². The molecule has 0 aromatic heterocycles. The van der Waals surface area contributed by atoms with Gasteiger partial charge in [0.15, 0.2) is 5.96 Å². The van der Waals surface area contributed by atoms with E-state index in [-0.39, 0.29) is 12.5 Å². The van der Waals surface area contributed by atoms with Crippen LogP contribution in [-0.4, -0.2) is 74.0 Å². The van der Waals surface area contributed by atoms with Crippen molar-refractivity contribution in [1.29, 1.82) is 0 Å². The number of guanidine groups is 1. The number of unbranched alkanes of at least 4 members (excludes halogenated alkanes) is 1. The van der Waals surface area contributed by atoms with Gasteiger partial charge in [-0.05, 0) is 38.0 Å². The molecule has 2 rings (SSSR count). The summed E-state index contributed by atoms with van der Waals surface area (Å²) in [6.45, 7) is 8.00. The smallest absolute Gasteiger partial charge is 0.243 e. The highest BCUT2D eigenvalue weighted by Crippen LogP contribution is 2.29. The maximum absolute atomic E-state index is 12.0. The van der Waals surface area contributed by atoms with Crippen LogP contribution in [0.5, 0.6) is 0 Å². The first-order chi connectivity index (χ1) is 13.0. The lowest BCUT2D eigenvalue weighted by atomic mass is 9.99. The summed E-state index contributed by atoms with van der Waals surface area (Å²) in [5.74, 6) is 1.51. The van der Waals surface area contributed by atoms with Crippen molar-refractivity contribution in [1.82, 2.24) is 20.4 Å². The van der Waals surface area contributed by atoms with E-state index in [4.69, 9.17) is 0 Å². The predicted octanol–water partition coefficient (Wildman–Crippen LogP) is 2.45. The third kappa shape index (κ3) is 8.08. The fourth-order valence-corrected chi connectivity index (χ4v) is 3.67. The number of carbonyl (C=O) groups excluding carboxylic acids is 1.